The quantitative estimate of drug-likeness (QED) is 0.633. The van der Waals surface area contributed by atoms with Crippen LogP contribution in [0.4, 0.5) is 0 Å². The molecule has 0 bridgehead atoms. The Kier molecular flexibility index (Phi) is 5.21. The van der Waals surface area contributed by atoms with Gasteiger partial charge in [-0.2, -0.15) is 0 Å². The molecule has 2 nitrogen and oxygen atoms in total. The molecule has 1 amide bonds. The van der Waals surface area contributed by atoms with E-state index in [1.165, 1.54) is 5.56 Å². The van der Waals surface area contributed by atoms with E-state index < -0.39 is 0 Å². The summed E-state index contributed by atoms with van der Waals surface area (Å²) in [6.45, 7) is 2.67. The summed E-state index contributed by atoms with van der Waals surface area (Å²) in [6.07, 6.45) is 0. The molecular formula is C16H15BrINO. The average Bonchev–Trinajstić information content (AvgIpc) is 2.43. The predicted octanol–water partition coefficient (Wildman–Crippen LogP) is 4.63. The number of carbonyl (C=O) groups is 1. The van der Waals surface area contributed by atoms with Gasteiger partial charge in [0, 0.05) is 21.6 Å². The van der Waals surface area contributed by atoms with E-state index in [4.69, 9.17) is 0 Å². The van der Waals surface area contributed by atoms with Crippen molar-refractivity contribution in [1.82, 2.24) is 4.90 Å². The van der Waals surface area contributed by atoms with Crippen molar-refractivity contribution >= 4 is 44.4 Å². The largest absolute Gasteiger partial charge is 0.337 e. The first-order valence-corrected chi connectivity index (χ1v) is 8.10. The first-order chi connectivity index (χ1) is 9.47. The van der Waals surface area contributed by atoms with E-state index in [1.807, 2.05) is 25.2 Å². The molecule has 4 heteroatoms. The highest BCUT2D eigenvalue weighted by Gasteiger charge is 2.15. The van der Waals surface area contributed by atoms with Crippen LogP contribution >= 0.6 is 38.5 Å². The number of carbonyl (C=O) groups excluding carboxylic acids is 1. The minimum atomic E-state index is 0.0382. The molecular weight excluding hydrogens is 429 g/mol. The minimum absolute atomic E-state index is 0.0382. The first kappa shape index (κ1) is 15.5. The highest BCUT2D eigenvalue weighted by molar-refractivity contribution is 14.1. The zero-order valence-corrected chi connectivity index (χ0v) is 15.1. The third-order valence-electron chi connectivity index (χ3n) is 3.05. The summed E-state index contributed by atoms with van der Waals surface area (Å²) in [5.41, 5.74) is 3.09. The van der Waals surface area contributed by atoms with Crippen LogP contribution in [0.2, 0.25) is 0 Å². The molecule has 2 aromatic carbocycles. The Bertz CT molecular complexity index is 625. The molecule has 2 aromatic rings. The van der Waals surface area contributed by atoms with Crippen LogP contribution in [-0.4, -0.2) is 17.9 Å². The topological polar surface area (TPSA) is 20.3 Å². The van der Waals surface area contributed by atoms with Crippen LogP contribution in [0.15, 0.2) is 46.9 Å². The molecule has 0 aliphatic carbocycles. The fraction of sp³-hybridized carbons (Fsp3) is 0.188. The van der Waals surface area contributed by atoms with Gasteiger partial charge in [-0.05, 0) is 53.3 Å². The van der Waals surface area contributed by atoms with Gasteiger partial charge in [-0.1, -0.05) is 45.8 Å². The molecule has 0 radical (unpaired) electrons. The Morgan fingerprint density at radius 3 is 2.50 bits per heavy atom. The maximum atomic E-state index is 12.5. The number of rotatable bonds is 3. The molecule has 0 heterocycles. The van der Waals surface area contributed by atoms with E-state index in [1.54, 1.807) is 4.90 Å². The maximum absolute atomic E-state index is 12.5. The Morgan fingerprint density at radius 2 is 1.85 bits per heavy atom. The number of benzene rings is 2. The summed E-state index contributed by atoms with van der Waals surface area (Å²) in [4.78, 5) is 14.2. The van der Waals surface area contributed by atoms with Gasteiger partial charge in [0.2, 0.25) is 0 Å². The van der Waals surface area contributed by atoms with Gasteiger partial charge in [0.05, 0.1) is 5.56 Å². The van der Waals surface area contributed by atoms with Crippen molar-refractivity contribution in [3.63, 3.8) is 0 Å². The van der Waals surface area contributed by atoms with Crippen LogP contribution in [0.25, 0.3) is 0 Å². The second-order valence-corrected chi connectivity index (χ2v) is 6.85. The van der Waals surface area contributed by atoms with Crippen molar-refractivity contribution in [2.45, 2.75) is 13.5 Å². The highest BCUT2D eigenvalue weighted by atomic mass is 127. The lowest BCUT2D eigenvalue weighted by Crippen LogP contribution is -2.26. The normalized spacial score (nSPS) is 10.4. The Labute approximate surface area is 141 Å². The summed E-state index contributed by atoms with van der Waals surface area (Å²) in [5, 5.41) is 0. The van der Waals surface area contributed by atoms with Crippen molar-refractivity contribution in [3.05, 3.63) is 67.2 Å². The highest BCUT2D eigenvalue weighted by Crippen LogP contribution is 2.20. The molecule has 0 saturated heterocycles. The van der Waals surface area contributed by atoms with Crippen LogP contribution in [0.3, 0.4) is 0 Å². The number of hydrogen-bond donors (Lipinski definition) is 0. The van der Waals surface area contributed by atoms with E-state index in [0.29, 0.717) is 6.54 Å². The maximum Gasteiger partial charge on any atom is 0.255 e. The molecule has 20 heavy (non-hydrogen) atoms. The van der Waals surface area contributed by atoms with Gasteiger partial charge in [-0.15, -0.1) is 0 Å². The van der Waals surface area contributed by atoms with E-state index >= 15 is 0 Å². The Hall–Kier alpha value is -0.880. The summed E-state index contributed by atoms with van der Waals surface area (Å²) in [5.74, 6) is 0.0382. The molecule has 2 rings (SSSR count). The van der Waals surface area contributed by atoms with Crippen LogP contribution in [-0.2, 0) is 6.54 Å². The molecule has 0 aromatic heterocycles. The van der Waals surface area contributed by atoms with E-state index in [0.717, 1.165) is 19.2 Å². The number of nitrogens with zero attached hydrogens (tertiary/aromatic N) is 1. The second kappa shape index (κ2) is 6.72. The number of halogens is 2. The number of hydrogen-bond acceptors (Lipinski definition) is 1. The minimum Gasteiger partial charge on any atom is -0.337 e. The van der Waals surface area contributed by atoms with Crippen molar-refractivity contribution < 1.29 is 4.79 Å². The number of aryl methyl sites for hydroxylation is 1. The first-order valence-electron chi connectivity index (χ1n) is 6.23. The lowest BCUT2D eigenvalue weighted by molar-refractivity contribution is 0.0784. The average molecular weight is 444 g/mol. The standard InChI is InChI=1S/C16H15BrINO/c1-11-3-5-12(6-4-11)10-19(2)16(20)14-9-13(17)7-8-15(14)18/h3-9H,10H2,1-2H3. The van der Waals surface area contributed by atoms with Crippen molar-refractivity contribution in [1.29, 1.82) is 0 Å². The van der Waals surface area contributed by atoms with Gasteiger partial charge in [0.15, 0.2) is 0 Å². The fourth-order valence-corrected chi connectivity index (χ4v) is 2.83. The van der Waals surface area contributed by atoms with Crippen LogP contribution in [0.1, 0.15) is 21.5 Å². The third kappa shape index (κ3) is 3.82. The van der Waals surface area contributed by atoms with Crippen LogP contribution in [0, 0.1) is 10.5 Å². The van der Waals surface area contributed by atoms with E-state index in [-0.39, 0.29) is 5.91 Å². The van der Waals surface area contributed by atoms with Gasteiger partial charge in [0.25, 0.3) is 5.91 Å². The predicted molar refractivity (Wildman–Crippen MR) is 93.8 cm³/mol. The Balaban J connectivity index is 2.16. The zero-order chi connectivity index (χ0) is 14.7. The summed E-state index contributed by atoms with van der Waals surface area (Å²) < 4.78 is 1.89. The third-order valence-corrected chi connectivity index (χ3v) is 4.48. The molecule has 0 aliphatic heterocycles. The van der Waals surface area contributed by atoms with Crippen LogP contribution in [0.5, 0.6) is 0 Å². The van der Waals surface area contributed by atoms with Crippen molar-refractivity contribution in [2.24, 2.45) is 0 Å². The molecule has 0 saturated carbocycles. The van der Waals surface area contributed by atoms with Gasteiger partial charge in [0.1, 0.15) is 0 Å². The number of amides is 1. The molecule has 0 N–H and O–H groups in total. The van der Waals surface area contributed by atoms with E-state index in [9.17, 15) is 4.79 Å². The fourth-order valence-electron chi connectivity index (χ4n) is 1.91. The summed E-state index contributed by atoms with van der Waals surface area (Å²) in [7, 11) is 1.83. The SMILES string of the molecule is Cc1ccc(CN(C)C(=O)c2cc(Br)ccc2I)cc1. The van der Waals surface area contributed by atoms with Crippen molar-refractivity contribution in [2.75, 3.05) is 7.05 Å². The van der Waals surface area contributed by atoms with Gasteiger partial charge < -0.3 is 4.90 Å². The molecule has 0 aliphatic rings. The van der Waals surface area contributed by atoms with Gasteiger partial charge >= 0.3 is 0 Å². The smallest absolute Gasteiger partial charge is 0.255 e. The lowest BCUT2D eigenvalue weighted by Gasteiger charge is -2.18. The second-order valence-electron chi connectivity index (χ2n) is 4.77. The monoisotopic (exact) mass is 443 g/mol. The summed E-state index contributed by atoms with van der Waals surface area (Å²) >= 11 is 5.61. The molecule has 0 spiro atoms. The summed E-state index contributed by atoms with van der Waals surface area (Å²) in [6, 6.07) is 14.0. The van der Waals surface area contributed by atoms with Crippen molar-refractivity contribution in [3.8, 4) is 0 Å². The van der Waals surface area contributed by atoms with Crippen LogP contribution < -0.4 is 0 Å². The zero-order valence-electron chi connectivity index (χ0n) is 11.4. The molecule has 104 valence electrons. The molecule has 0 fully saturated rings. The van der Waals surface area contributed by atoms with Gasteiger partial charge in [-0.25, -0.2) is 0 Å². The Morgan fingerprint density at radius 1 is 1.20 bits per heavy atom. The van der Waals surface area contributed by atoms with E-state index in [2.05, 4.69) is 69.7 Å². The molecule has 0 unspecified atom stereocenters. The lowest BCUT2D eigenvalue weighted by atomic mass is 10.1. The van der Waals surface area contributed by atoms with Gasteiger partial charge in [-0.3, -0.25) is 4.79 Å². The molecule has 0 atom stereocenters.